The first-order valence-electron chi connectivity index (χ1n) is 7.70. The van der Waals surface area contributed by atoms with Gasteiger partial charge in [-0.1, -0.05) is 37.6 Å². The quantitative estimate of drug-likeness (QED) is 0.608. The van der Waals surface area contributed by atoms with Crippen molar-refractivity contribution in [1.82, 2.24) is 14.5 Å². The summed E-state index contributed by atoms with van der Waals surface area (Å²) in [7, 11) is 0. The second-order valence-corrected chi connectivity index (χ2v) is 7.66. The molecular weight excluding hydrogens is 326 g/mol. The van der Waals surface area contributed by atoms with E-state index in [1.54, 1.807) is 11.9 Å². The lowest BCUT2D eigenvalue weighted by Gasteiger charge is -2.23. The first kappa shape index (κ1) is 16.4. The van der Waals surface area contributed by atoms with Gasteiger partial charge in [0, 0.05) is 28.4 Å². The summed E-state index contributed by atoms with van der Waals surface area (Å²) >= 11 is 7.90. The van der Waals surface area contributed by atoms with Gasteiger partial charge in [0.2, 0.25) is 0 Å². The number of nitrogens with one attached hydrogen (secondary N) is 1. The van der Waals surface area contributed by atoms with Crippen LogP contribution in [0.5, 0.6) is 0 Å². The van der Waals surface area contributed by atoms with E-state index in [1.807, 2.05) is 24.4 Å². The van der Waals surface area contributed by atoms with Gasteiger partial charge in [-0.3, -0.25) is 5.10 Å². The van der Waals surface area contributed by atoms with Crippen molar-refractivity contribution < 1.29 is 0 Å². The predicted octanol–water partition coefficient (Wildman–Crippen LogP) is 5.38. The average molecular weight is 346 g/mol. The number of benzene rings is 2. The molecule has 3 aromatic rings. The molecule has 120 valence electrons. The summed E-state index contributed by atoms with van der Waals surface area (Å²) in [4.78, 5) is 1.22. The van der Waals surface area contributed by atoms with E-state index in [0.717, 1.165) is 29.0 Å². The molecule has 0 saturated heterocycles. The molecule has 23 heavy (non-hydrogen) atoms. The standard InChI is InChI=1S/C18H20ClN3S/c1-13(2)11-22(12-14-4-3-5-16(19)8-14)23-17-6-7-18-15(9-17)10-20-21-18/h3-10,13H,11-12H2,1-2H3,(H,20,21). The van der Waals surface area contributed by atoms with Crippen LogP contribution in [0.25, 0.3) is 10.9 Å². The lowest BCUT2D eigenvalue weighted by molar-refractivity contribution is 0.402. The van der Waals surface area contributed by atoms with Gasteiger partial charge in [-0.2, -0.15) is 5.10 Å². The van der Waals surface area contributed by atoms with Gasteiger partial charge in [0.15, 0.2) is 0 Å². The van der Waals surface area contributed by atoms with Crippen molar-refractivity contribution in [3.8, 4) is 0 Å². The minimum absolute atomic E-state index is 0.597. The molecule has 0 aliphatic carbocycles. The topological polar surface area (TPSA) is 31.9 Å². The molecule has 3 rings (SSSR count). The van der Waals surface area contributed by atoms with Crippen molar-refractivity contribution in [1.29, 1.82) is 0 Å². The minimum atomic E-state index is 0.597. The Balaban J connectivity index is 1.77. The van der Waals surface area contributed by atoms with Gasteiger partial charge >= 0.3 is 0 Å². The van der Waals surface area contributed by atoms with E-state index in [0.29, 0.717) is 5.92 Å². The second-order valence-electron chi connectivity index (χ2n) is 6.06. The van der Waals surface area contributed by atoms with E-state index in [9.17, 15) is 0 Å². The number of hydrogen-bond donors (Lipinski definition) is 1. The van der Waals surface area contributed by atoms with Crippen LogP contribution < -0.4 is 0 Å². The zero-order valence-electron chi connectivity index (χ0n) is 13.3. The first-order valence-corrected chi connectivity index (χ1v) is 8.86. The van der Waals surface area contributed by atoms with Crippen LogP contribution in [0.2, 0.25) is 5.02 Å². The van der Waals surface area contributed by atoms with Crippen LogP contribution in [0.3, 0.4) is 0 Å². The number of aromatic amines is 1. The van der Waals surface area contributed by atoms with Crippen LogP contribution in [0, 0.1) is 5.92 Å². The first-order chi connectivity index (χ1) is 11.1. The molecule has 0 spiro atoms. The Labute approximate surface area is 146 Å². The molecule has 1 aromatic heterocycles. The van der Waals surface area contributed by atoms with Crippen LogP contribution in [0.15, 0.2) is 53.6 Å². The highest BCUT2D eigenvalue weighted by atomic mass is 35.5. The number of halogens is 1. The number of fused-ring (bicyclic) bond motifs is 1. The third-order valence-electron chi connectivity index (χ3n) is 3.46. The fourth-order valence-electron chi connectivity index (χ4n) is 2.51. The molecule has 0 atom stereocenters. The molecule has 1 N–H and O–H groups in total. The summed E-state index contributed by atoms with van der Waals surface area (Å²) in [5.41, 5.74) is 2.30. The van der Waals surface area contributed by atoms with Crippen LogP contribution in [-0.4, -0.2) is 21.0 Å². The molecule has 0 aliphatic heterocycles. The lowest BCUT2D eigenvalue weighted by Crippen LogP contribution is -2.20. The van der Waals surface area contributed by atoms with Crippen molar-refractivity contribution >= 4 is 34.5 Å². The van der Waals surface area contributed by atoms with Crippen LogP contribution in [-0.2, 0) is 6.54 Å². The Morgan fingerprint density at radius 3 is 2.87 bits per heavy atom. The summed E-state index contributed by atoms with van der Waals surface area (Å²) in [6, 6.07) is 14.5. The van der Waals surface area contributed by atoms with Gasteiger partial charge < -0.3 is 0 Å². The SMILES string of the molecule is CC(C)CN(Cc1cccc(Cl)c1)Sc1ccc2[nH]ncc2c1. The molecule has 5 heteroatoms. The smallest absolute Gasteiger partial charge is 0.0651 e. The maximum Gasteiger partial charge on any atom is 0.0651 e. The van der Waals surface area contributed by atoms with E-state index < -0.39 is 0 Å². The Morgan fingerprint density at radius 2 is 2.09 bits per heavy atom. The summed E-state index contributed by atoms with van der Waals surface area (Å²) < 4.78 is 2.39. The highest BCUT2D eigenvalue weighted by molar-refractivity contribution is 7.97. The van der Waals surface area contributed by atoms with Crippen LogP contribution in [0.4, 0.5) is 0 Å². The number of H-pyrrole nitrogens is 1. The third kappa shape index (κ3) is 4.50. The zero-order valence-corrected chi connectivity index (χ0v) is 14.9. The third-order valence-corrected chi connectivity index (χ3v) is 4.70. The fraction of sp³-hybridized carbons (Fsp3) is 0.278. The van der Waals surface area contributed by atoms with Gasteiger partial charge in [0.05, 0.1) is 11.7 Å². The maximum absolute atomic E-state index is 6.11. The largest absolute Gasteiger partial charge is 0.278 e. The van der Waals surface area contributed by atoms with Crippen molar-refractivity contribution in [2.45, 2.75) is 25.3 Å². The van der Waals surface area contributed by atoms with Gasteiger partial charge in [-0.05, 0) is 53.8 Å². The van der Waals surface area contributed by atoms with Crippen LogP contribution in [0.1, 0.15) is 19.4 Å². The molecule has 0 bridgehead atoms. The van der Waals surface area contributed by atoms with Crippen LogP contribution >= 0.6 is 23.5 Å². The number of aromatic nitrogens is 2. The highest BCUT2D eigenvalue weighted by Gasteiger charge is 2.11. The molecule has 2 aromatic carbocycles. The summed E-state index contributed by atoms with van der Waals surface area (Å²) in [6.07, 6.45) is 1.86. The normalized spacial score (nSPS) is 11.7. The lowest BCUT2D eigenvalue weighted by atomic mass is 10.2. The van der Waals surface area contributed by atoms with Crippen molar-refractivity contribution in [2.75, 3.05) is 6.54 Å². The van der Waals surface area contributed by atoms with Gasteiger partial charge in [-0.25, -0.2) is 4.31 Å². The molecule has 1 heterocycles. The summed E-state index contributed by atoms with van der Waals surface area (Å²) in [5, 5.41) is 9.01. The van der Waals surface area contributed by atoms with Crippen molar-refractivity contribution in [3.05, 3.63) is 59.2 Å². The highest BCUT2D eigenvalue weighted by Crippen LogP contribution is 2.28. The Morgan fingerprint density at radius 1 is 1.22 bits per heavy atom. The van der Waals surface area contributed by atoms with E-state index in [4.69, 9.17) is 11.6 Å². The molecule has 0 amide bonds. The van der Waals surface area contributed by atoms with Crippen molar-refractivity contribution in [3.63, 3.8) is 0 Å². The Kier molecular flexibility index (Phi) is 5.26. The average Bonchev–Trinajstić information content (AvgIpc) is 2.94. The number of hydrogen-bond acceptors (Lipinski definition) is 3. The molecule has 0 saturated carbocycles. The van der Waals surface area contributed by atoms with E-state index in [2.05, 4.69) is 52.6 Å². The minimum Gasteiger partial charge on any atom is -0.278 e. The second kappa shape index (κ2) is 7.39. The van der Waals surface area contributed by atoms with E-state index in [1.165, 1.54) is 10.5 Å². The molecule has 0 fully saturated rings. The maximum atomic E-state index is 6.11. The predicted molar refractivity (Wildman–Crippen MR) is 98.7 cm³/mol. The number of rotatable bonds is 6. The fourth-order valence-corrected chi connectivity index (χ4v) is 3.91. The van der Waals surface area contributed by atoms with Gasteiger partial charge in [0.25, 0.3) is 0 Å². The molecule has 0 unspecified atom stereocenters. The Bertz CT molecular complexity index is 785. The molecule has 0 radical (unpaired) electrons. The zero-order chi connectivity index (χ0) is 16.2. The van der Waals surface area contributed by atoms with E-state index >= 15 is 0 Å². The van der Waals surface area contributed by atoms with E-state index in [-0.39, 0.29) is 0 Å². The number of nitrogens with zero attached hydrogens (tertiary/aromatic N) is 2. The molecular formula is C18H20ClN3S. The summed E-state index contributed by atoms with van der Waals surface area (Å²) in [6.45, 7) is 6.36. The molecule has 0 aliphatic rings. The van der Waals surface area contributed by atoms with Gasteiger partial charge in [0.1, 0.15) is 0 Å². The molecule has 3 nitrogen and oxygen atoms in total. The monoisotopic (exact) mass is 345 g/mol. The van der Waals surface area contributed by atoms with Crippen molar-refractivity contribution in [2.24, 2.45) is 5.92 Å². The summed E-state index contributed by atoms with van der Waals surface area (Å²) in [5.74, 6) is 0.597. The Hall–Kier alpha value is -1.49. The van der Waals surface area contributed by atoms with Gasteiger partial charge in [-0.15, -0.1) is 0 Å².